The third-order valence-electron chi connectivity index (χ3n) is 5.13. The van der Waals surface area contributed by atoms with E-state index in [1.807, 2.05) is 98.2 Å². The summed E-state index contributed by atoms with van der Waals surface area (Å²) in [6.45, 7) is 1.96. The lowest BCUT2D eigenvalue weighted by Gasteiger charge is -2.05. The highest BCUT2D eigenvalue weighted by Gasteiger charge is 2.05. The van der Waals surface area contributed by atoms with Crippen molar-refractivity contribution in [1.82, 2.24) is 9.97 Å². The zero-order chi connectivity index (χ0) is 23.0. The molecule has 2 nitrogen and oxygen atoms in total. The van der Waals surface area contributed by atoms with Crippen LogP contribution >= 0.6 is 23.2 Å². The summed E-state index contributed by atoms with van der Waals surface area (Å²) >= 11 is 12.2. The van der Waals surface area contributed by atoms with Crippen molar-refractivity contribution in [3.63, 3.8) is 0 Å². The van der Waals surface area contributed by atoms with E-state index in [1.165, 1.54) is 10.8 Å². The highest BCUT2D eigenvalue weighted by Crippen LogP contribution is 2.32. The highest BCUT2D eigenvalue weighted by atomic mass is 35.5. The van der Waals surface area contributed by atoms with Crippen molar-refractivity contribution in [2.45, 2.75) is 6.92 Å². The zero-order valence-electron chi connectivity index (χ0n) is 18.1. The van der Waals surface area contributed by atoms with Gasteiger partial charge in [0.15, 0.2) is 0 Å². The van der Waals surface area contributed by atoms with Crippen molar-refractivity contribution >= 4 is 55.8 Å². The van der Waals surface area contributed by atoms with Gasteiger partial charge in [-0.15, -0.1) is 0 Å². The highest BCUT2D eigenvalue weighted by molar-refractivity contribution is 6.40. The Bertz CT molecular complexity index is 1310. The lowest BCUT2D eigenvalue weighted by atomic mass is 10.1. The number of hydrogen-bond acceptors (Lipinski definition) is 2. The third-order valence-corrected chi connectivity index (χ3v) is 5.95. The number of hydrogen-bond donors (Lipinski definition) is 0. The number of fused-ring (bicyclic) bond motifs is 3. The summed E-state index contributed by atoms with van der Waals surface area (Å²) in [6, 6.07) is 33.9. The van der Waals surface area contributed by atoms with E-state index < -0.39 is 0 Å². The first kappa shape index (κ1) is 22.7. The van der Waals surface area contributed by atoms with Gasteiger partial charge in [0.1, 0.15) is 0 Å². The van der Waals surface area contributed by atoms with E-state index in [0.29, 0.717) is 0 Å². The molecule has 6 aromatic rings. The van der Waals surface area contributed by atoms with Gasteiger partial charge in [-0.25, -0.2) is 0 Å². The van der Waals surface area contributed by atoms with Gasteiger partial charge in [-0.3, -0.25) is 9.97 Å². The fourth-order valence-electron chi connectivity index (χ4n) is 3.46. The van der Waals surface area contributed by atoms with Crippen LogP contribution in [0.1, 0.15) is 5.56 Å². The van der Waals surface area contributed by atoms with Crippen LogP contribution in [0.5, 0.6) is 0 Å². The normalized spacial score (nSPS) is 10.3. The molecule has 0 aliphatic rings. The Balaban J connectivity index is 0.000000119. The van der Waals surface area contributed by atoms with E-state index >= 15 is 0 Å². The first-order chi connectivity index (χ1) is 16.1. The van der Waals surface area contributed by atoms with Crippen molar-refractivity contribution in [3.05, 3.63) is 131 Å². The van der Waals surface area contributed by atoms with Crippen LogP contribution in [0.15, 0.2) is 116 Å². The maximum Gasteiger partial charge on any atom is 0.0701 e. The molecule has 0 aliphatic carbocycles. The molecule has 0 saturated heterocycles. The number of aryl methyl sites for hydroxylation is 1. The average molecular weight is 469 g/mol. The maximum absolute atomic E-state index is 6.14. The van der Waals surface area contributed by atoms with E-state index in [-0.39, 0.29) is 0 Å². The number of benzene rings is 4. The van der Waals surface area contributed by atoms with Crippen molar-refractivity contribution < 1.29 is 0 Å². The molecular formula is C29H22Cl2N2. The number of para-hydroxylation sites is 2. The smallest absolute Gasteiger partial charge is 0.0701 e. The zero-order valence-corrected chi connectivity index (χ0v) is 19.6. The standard InChI is InChI=1S/C11H8Cl2.2C9H7N/c1-7-6-10(12)8-4-2-3-5-9(8)11(7)13;2*1-2-6-9-8(4-1)5-3-7-10-9/h2-6H,1H3;2*1-7H. The molecule has 2 heterocycles. The fourth-order valence-corrected chi connectivity index (χ4v) is 4.01. The largest absolute Gasteiger partial charge is 0.256 e. The summed E-state index contributed by atoms with van der Waals surface area (Å²) in [5, 5.41) is 5.99. The fraction of sp³-hybridized carbons (Fsp3) is 0.0345. The molecule has 0 spiro atoms. The number of pyridine rings is 2. The first-order valence-electron chi connectivity index (χ1n) is 10.6. The molecule has 2 aromatic heterocycles. The van der Waals surface area contributed by atoms with E-state index in [9.17, 15) is 0 Å². The van der Waals surface area contributed by atoms with Gasteiger partial charge >= 0.3 is 0 Å². The molecule has 0 aliphatic heterocycles. The van der Waals surface area contributed by atoms with Crippen molar-refractivity contribution in [2.24, 2.45) is 0 Å². The number of nitrogens with zero attached hydrogens (tertiary/aromatic N) is 2. The van der Waals surface area contributed by atoms with Gasteiger partial charge in [0.05, 0.1) is 16.1 Å². The summed E-state index contributed by atoms with van der Waals surface area (Å²) in [6.07, 6.45) is 3.62. The maximum atomic E-state index is 6.14. The van der Waals surface area contributed by atoms with Crippen LogP contribution in [0, 0.1) is 6.92 Å². The summed E-state index contributed by atoms with van der Waals surface area (Å²) in [5.41, 5.74) is 3.14. The van der Waals surface area contributed by atoms with Gasteiger partial charge < -0.3 is 0 Å². The van der Waals surface area contributed by atoms with Gasteiger partial charge in [-0.05, 0) is 42.8 Å². The van der Waals surface area contributed by atoms with Crippen LogP contribution in [-0.4, -0.2) is 9.97 Å². The predicted octanol–water partition coefficient (Wildman–Crippen LogP) is 8.92. The lowest BCUT2D eigenvalue weighted by Crippen LogP contribution is -1.80. The van der Waals surface area contributed by atoms with Crippen molar-refractivity contribution in [2.75, 3.05) is 0 Å². The third kappa shape index (κ3) is 5.67. The van der Waals surface area contributed by atoms with Gasteiger partial charge in [0.2, 0.25) is 0 Å². The summed E-state index contributed by atoms with van der Waals surface area (Å²) in [7, 11) is 0. The molecule has 0 saturated carbocycles. The monoisotopic (exact) mass is 468 g/mol. The predicted molar refractivity (Wildman–Crippen MR) is 142 cm³/mol. The second-order valence-corrected chi connectivity index (χ2v) is 8.21. The SMILES string of the molecule is Cc1cc(Cl)c2ccccc2c1Cl.c1ccc2ncccc2c1.c1ccc2ncccc2c1. The molecule has 4 heteroatoms. The second-order valence-electron chi connectivity index (χ2n) is 7.43. The van der Waals surface area contributed by atoms with E-state index in [4.69, 9.17) is 23.2 Å². The molecule has 33 heavy (non-hydrogen) atoms. The average Bonchev–Trinajstić information content (AvgIpc) is 2.88. The van der Waals surface area contributed by atoms with Crippen LogP contribution in [0.4, 0.5) is 0 Å². The molecule has 162 valence electrons. The van der Waals surface area contributed by atoms with Crippen LogP contribution in [0.25, 0.3) is 32.6 Å². The molecule has 0 fully saturated rings. The Labute approximate surface area is 203 Å². The van der Waals surface area contributed by atoms with E-state index in [2.05, 4.69) is 34.2 Å². The van der Waals surface area contributed by atoms with Crippen LogP contribution < -0.4 is 0 Å². The summed E-state index contributed by atoms with van der Waals surface area (Å²) in [4.78, 5) is 8.36. The minimum atomic E-state index is 0.762. The molecule has 0 N–H and O–H groups in total. The second kappa shape index (κ2) is 10.9. The van der Waals surface area contributed by atoms with E-state index in [1.54, 1.807) is 0 Å². The van der Waals surface area contributed by atoms with Gasteiger partial charge in [0.25, 0.3) is 0 Å². The van der Waals surface area contributed by atoms with Crippen molar-refractivity contribution in [3.8, 4) is 0 Å². The minimum Gasteiger partial charge on any atom is -0.256 e. The molecule has 0 amide bonds. The Morgan fingerprint density at radius 1 is 0.545 bits per heavy atom. The first-order valence-corrected chi connectivity index (χ1v) is 11.3. The van der Waals surface area contributed by atoms with Crippen molar-refractivity contribution in [1.29, 1.82) is 0 Å². The molecular weight excluding hydrogens is 447 g/mol. The molecule has 0 atom stereocenters. The quantitative estimate of drug-likeness (QED) is 0.222. The summed E-state index contributed by atoms with van der Waals surface area (Å²) in [5.74, 6) is 0. The number of halogens is 2. The molecule has 0 unspecified atom stereocenters. The number of aromatic nitrogens is 2. The Hall–Kier alpha value is -3.46. The topological polar surface area (TPSA) is 25.8 Å². The molecule has 6 rings (SSSR count). The molecule has 4 aromatic carbocycles. The van der Waals surface area contributed by atoms with Gasteiger partial charge in [-0.1, -0.05) is 96.0 Å². The Morgan fingerprint density at radius 2 is 1.00 bits per heavy atom. The Morgan fingerprint density at radius 3 is 1.55 bits per heavy atom. The van der Waals surface area contributed by atoms with E-state index in [0.717, 1.165) is 37.4 Å². The van der Waals surface area contributed by atoms with Crippen LogP contribution in [0.2, 0.25) is 10.0 Å². The lowest BCUT2D eigenvalue weighted by molar-refractivity contribution is 1.41. The summed E-state index contributed by atoms with van der Waals surface area (Å²) < 4.78 is 0. The van der Waals surface area contributed by atoms with Crippen LogP contribution in [0.3, 0.4) is 0 Å². The van der Waals surface area contributed by atoms with Gasteiger partial charge in [0, 0.05) is 39.0 Å². The molecule has 0 radical (unpaired) electrons. The van der Waals surface area contributed by atoms with Crippen LogP contribution in [-0.2, 0) is 0 Å². The minimum absolute atomic E-state index is 0.762. The Kier molecular flexibility index (Phi) is 7.51. The molecule has 0 bridgehead atoms. The van der Waals surface area contributed by atoms with Gasteiger partial charge in [-0.2, -0.15) is 0 Å². The number of rotatable bonds is 0.